The van der Waals surface area contributed by atoms with Gasteiger partial charge in [0.25, 0.3) is 11.8 Å². The standard InChI is InChI=1S/C24H22ClN3O5/c1-31-20-11-15(12-21(32-2)22(20)33-3)14-26-28-24(30)17-5-4-6-19(13-17)27-23(29)16-7-9-18(25)10-8-16/h4-14H,1-3H3,(H,27,29)(H,28,30)/b26-14+. The Kier molecular flexibility index (Phi) is 7.88. The van der Waals surface area contributed by atoms with Crippen molar-refractivity contribution in [2.45, 2.75) is 0 Å². The van der Waals surface area contributed by atoms with Gasteiger partial charge in [0.2, 0.25) is 5.75 Å². The van der Waals surface area contributed by atoms with Crippen molar-refractivity contribution in [3.63, 3.8) is 0 Å². The highest BCUT2D eigenvalue weighted by molar-refractivity contribution is 6.30. The minimum atomic E-state index is -0.443. The van der Waals surface area contributed by atoms with E-state index >= 15 is 0 Å². The highest BCUT2D eigenvalue weighted by atomic mass is 35.5. The fourth-order valence-electron chi connectivity index (χ4n) is 2.95. The molecule has 0 heterocycles. The van der Waals surface area contributed by atoms with E-state index in [-0.39, 0.29) is 5.91 Å². The van der Waals surface area contributed by atoms with E-state index in [2.05, 4.69) is 15.8 Å². The first kappa shape index (κ1) is 23.6. The van der Waals surface area contributed by atoms with E-state index in [1.165, 1.54) is 27.5 Å². The van der Waals surface area contributed by atoms with Crippen LogP contribution in [-0.4, -0.2) is 39.4 Å². The quantitative estimate of drug-likeness (QED) is 0.378. The van der Waals surface area contributed by atoms with Crippen LogP contribution in [0.3, 0.4) is 0 Å². The Morgan fingerprint density at radius 1 is 0.848 bits per heavy atom. The molecule has 0 fully saturated rings. The number of carbonyl (C=O) groups is 2. The van der Waals surface area contributed by atoms with Crippen LogP contribution < -0.4 is 25.0 Å². The van der Waals surface area contributed by atoms with Crippen LogP contribution in [-0.2, 0) is 0 Å². The number of halogens is 1. The molecule has 2 N–H and O–H groups in total. The van der Waals surface area contributed by atoms with Gasteiger partial charge in [-0.15, -0.1) is 0 Å². The molecule has 0 aromatic heterocycles. The molecule has 0 bridgehead atoms. The minimum absolute atomic E-state index is 0.315. The molecule has 0 aliphatic carbocycles. The first-order valence-electron chi connectivity index (χ1n) is 9.75. The summed E-state index contributed by atoms with van der Waals surface area (Å²) in [6, 6.07) is 16.4. The first-order chi connectivity index (χ1) is 15.9. The van der Waals surface area contributed by atoms with Gasteiger partial charge >= 0.3 is 0 Å². The van der Waals surface area contributed by atoms with Crippen molar-refractivity contribution in [2.75, 3.05) is 26.6 Å². The van der Waals surface area contributed by atoms with Crippen LogP contribution in [0.25, 0.3) is 0 Å². The zero-order valence-electron chi connectivity index (χ0n) is 18.2. The molecule has 0 aliphatic rings. The summed E-state index contributed by atoms with van der Waals surface area (Å²) in [5.74, 6) is 0.632. The summed E-state index contributed by atoms with van der Waals surface area (Å²) in [5, 5.41) is 7.28. The number of nitrogens with zero attached hydrogens (tertiary/aromatic N) is 1. The van der Waals surface area contributed by atoms with Gasteiger partial charge in [0.1, 0.15) is 0 Å². The van der Waals surface area contributed by atoms with Crippen LogP contribution in [0.15, 0.2) is 65.8 Å². The maximum atomic E-state index is 12.5. The molecule has 2 amide bonds. The fourth-order valence-corrected chi connectivity index (χ4v) is 3.07. The number of hydrazone groups is 1. The van der Waals surface area contributed by atoms with E-state index in [9.17, 15) is 9.59 Å². The van der Waals surface area contributed by atoms with E-state index in [4.69, 9.17) is 25.8 Å². The maximum absolute atomic E-state index is 12.5. The number of anilines is 1. The molecular weight excluding hydrogens is 446 g/mol. The summed E-state index contributed by atoms with van der Waals surface area (Å²) in [6.07, 6.45) is 1.45. The van der Waals surface area contributed by atoms with E-state index < -0.39 is 5.91 Å². The van der Waals surface area contributed by atoms with Crippen molar-refractivity contribution in [1.82, 2.24) is 5.43 Å². The Hall–Kier alpha value is -4.04. The average Bonchev–Trinajstić information content (AvgIpc) is 2.83. The molecule has 3 aromatic rings. The molecule has 0 atom stereocenters. The Balaban J connectivity index is 1.68. The number of amides is 2. The molecule has 0 saturated heterocycles. The summed E-state index contributed by atoms with van der Waals surface area (Å²) in [6.45, 7) is 0. The second-order valence-electron chi connectivity index (χ2n) is 6.70. The Morgan fingerprint density at radius 3 is 2.12 bits per heavy atom. The van der Waals surface area contributed by atoms with Crippen LogP contribution in [0.2, 0.25) is 5.02 Å². The number of nitrogens with one attached hydrogen (secondary N) is 2. The average molecular weight is 468 g/mol. The molecule has 170 valence electrons. The fraction of sp³-hybridized carbons (Fsp3) is 0.125. The lowest BCUT2D eigenvalue weighted by Crippen LogP contribution is -2.18. The summed E-state index contributed by atoms with van der Waals surface area (Å²) in [5.41, 5.74) is 4.33. The van der Waals surface area contributed by atoms with Crippen LogP contribution >= 0.6 is 11.6 Å². The Labute approximate surface area is 196 Å². The van der Waals surface area contributed by atoms with Crippen molar-refractivity contribution < 1.29 is 23.8 Å². The zero-order chi connectivity index (χ0) is 23.8. The lowest BCUT2D eigenvalue weighted by Gasteiger charge is -2.12. The molecule has 9 heteroatoms. The molecule has 8 nitrogen and oxygen atoms in total. The van der Waals surface area contributed by atoms with Crippen LogP contribution in [0.1, 0.15) is 26.3 Å². The molecule has 3 aromatic carbocycles. The first-order valence-corrected chi connectivity index (χ1v) is 10.1. The number of hydrogen-bond acceptors (Lipinski definition) is 6. The molecule has 0 saturated carbocycles. The Morgan fingerprint density at radius 2 is 1.52 bits per heavy atom. The number of methoxy groups -OCH3 is 3. The van der Waals surface area contributed by atoms with Crippen molar-refractivity contribution >= 4 is 35.3 Å². The molecule has 0 unspecified atom stereocenters. The molecule has 3 rings (SSSR count). The van der Waals surface area contributed by atoms with Crippen LogP contribution in [0, 0.1) is 0 Å². The van der Waals surface area contributed by atoms with Crippen molar-refractivity contribution in [3.05, 3.63) is 82.4 Å². The van der Waals surface area contributed by atoms with Gasteiger partial charge in [0.05, 0.1) is 27.5 Å². The third kappa shape index (κ3) is 6.02. The third-order valence-electron chi connectivity index (χ3n) is 4.56. The highest BCUT2D eigenvalue weighted by Crippen LogP contribution is 2.37. The van der Waals surface area contributed by atoms with Gasteiger partial charge in [0.15, 0.2) is 11.5 Å². The number of ether oxygens (including phenoxy) is 3. The van der Waals surface area contributed by atoms with Gasteiger partial charge < -0.3 is 19.5 Å². The molecule has 0 radical (unpaired) electrons. The SMILES string of the molecule is COc1cc(/C=N/NC(=O)c2cccc(NC(=O)c3ccc(Cl)cc3)c2)cc(OC)c1OC. The van der Waals surface area contributed by atoms with Crippen molar-refractivity contribution in [2.24, 2.45) is 5.10 Å². The topological polar surface area (TPSA) is 98.2 Å². The van der Waals surface area contributed by atoms with Gasteiger partial charge in [0, 0.05) is 27.4 Å². The van der Waals surface area contributed by atoms with E-state index in [1.807, 2.05) is 0 Å². The lowest BCUT2D eigenvalue weighted by molar-refractivity contribution is 0.0953. The second-order valence-corrected chi connectivity index (χ2v) is 7.14. The van der Waals surface area contributed by atoms with E-state index in [1.54, 1.807) is 60.7 Å². The normalized spacial score (nSPS) is 10.5. The number of rotatable bonds is 8. The van der Waals surface area contributed by atoms with Crippen LogP contribution in [0.5, 0.6) is 17.2 Å². The van der Waals surface area contributed by atoms with Gasteiger partial charge in [-0.05, 0) is 54.6 Å². The van der Waals surface area contributed by atoms with Gasteiger partial charge in [-0.1, -0.05) is 17.7 Å². The predicted octanol–water partition coefficient (Wildman–Crippen LogP) is 4.38. The van der Waals surface area contributed by atoms with Gasteiger partial charge in [-0.2, -0.15) is 5.10 Å². The molecule has 0 aliphatic heterocycles. The number of hydrogen-bond donors (Lipinski definition) is 2. The van der Waals surface area contributed by atoms with Crippen molar-refractivity contribution in [3.8, 4) is 17.2 Å². The monoisotopic (exact) mass is 467 g/mol. The number of carbonyl (C=O) groups excluding carboxylic acids is 2. The smallest absolute Gasteiger partial charge is 0.271 e. The second kappa shape index (κ2) is 11.0. The van der Waals surface area contributed by atoms with Crippen LogP contribution in [0.4, 0.5) is 5.69 Å². The van der Waals surface area contributed by atoms with Gasteiger partial charge in [-0.25, -0.2) is 5.43 Å². The van der Waals surface area contributed by atoms with Crippen molar-refractivity contribution in [1.29, 1.82) is 0 Å². The minimum Gasteiger partial charge on any atom is -0.493 e. The summed E-state index contributed by atoms with van der Waals surface area (Å²) in [7, 11) is 4.54. The maximum Gasteiger partial charge on any atom is 0.271 e. The summed E-state index contributed by atoms with van der Waals surface area (Å²) < 4.78 is 15.9. The summed E-state index contributed by atoms with van der Waals surface area (Å²) >= 11 is 5.85. The predicted molar refractivity (Wildman–Crippen MR) is 127 cm³/mol. The largest absolute Gasteiger partial charge is 0.493 e. The van der Waals surface area contributed by atoms with Gasteiger partial charge in [-0.3, -0.25) is 9.59 Å². The lowest BCUT2D eigenvalue weighted by atomic mass is 10.1. The molecule has 0 spiro atoms. The van der Waals surface area contributed by atoms with E-state index in [0.29, 0.717) is 44.6 Å². The third-order valence-corrected chi connectivity index (χ3v) is 4.81. The van der Waals surface area contributed by atoms with E-state index in [0.717, 1.165) is 0 Å². The highest BCUT2D eigenvalue weighted by Gasteiger charge is 2.13. The molecular formula is C24H22ClN3O5. The summed E-state index contributed by atoms with van der Waals surface area (Å²) in [4.78, 5) is 24.9. The molecule has 33 heavy (non-hydrogen) atoms. The number of benzene rings is 3. The Bertz CT molecular complexity index is 1150. The zero-order valence-corrected chi connectivity index (χ0v) is 19.0.